The van der Waals surface area contributed by atoms with Gasteiger partial charge in [-0.25, -0.2) is 0 Å². The van der Waals surface area contributed by atoms with Gasteiger partial charge in [0.1, 0.15) is 5.75 Å². The zero-order valence-electron chi connectivity index (χ0n) is 19.5. The van der Waals surface area contributed by atoms with Crippen LogP contribution in [0.3, 0.4) is 0 Å². The summed E-state index contributed by atoms with van der Waals surface area (Å²) in [5.41, 5.74) is 4.58. The van der Waals surface area contributed by atoms with Crippen LogP contribution in [0.1, 0.15) is 50.6 Å². The zero-order chi connectivity index (χ0) is 26.0. The second-order valence-electron chi connectivity index (χ2n) is 8.60. The number of carbonyl (C=O) groups excluding carboxylic acids is 2. The Morgan fingerprint density at radius 2 is 1.72 bits per heavy atom. The van der Waals surface area contributed by atoms with E-state index >= 15 is 0 Å². The number of hydrogen-bond donors (Lipinski definition) is 3. The highest BCUT2D eigenvalue weighted by Crippen LogP contribution is 2.40. The van der Waals surface area contributed by atoms with Crippen molar-refractivity contribution in [3.63, 3.8) is 0 Å². The second-order valence-corrected chi connectivity index (χ2v) is 8.60. The molecule has 7 nitrogen and oxygen atoms in total. The van der Waals surface area contributed by atoms with Crippen LogP contribution < -0.4 is 15.8 Å². The molecular formula is C26H25F3N4O3. The summed E-state index contributed by atoms with van der Waals surface area (Å²) >= 11 is 0. The van der Waals surface area contributed by atoms with Crippen molar-refractivity contribution < 1.29 is 27.5 Å². The largest absolute Gasteiger partial charge is 0.496 e. The van der Waals surface area contributed by atoms with E-state index in [1.54, 1.807) is 24.1 Å². The molecule has 0 radical (unpaired) electrons. The number of carbonyl (C=O) groups is 2. The normalized spacial score (nSPS) is 14.5. The molecule has 4 N–H and O–H groups in total. The Bertz CT molecular complexity index is 1330. The van der Waals surface area contributed by atoms with Gasteiger partial charge in [-0.05, 0) is 54.0 Å². The van der Waals surface area contributed by atoms with Crippen LogP contribution in [-0.4, -0.2) is 42.9 Å². The summed E-state index contributed by atoms with van der Waals surface area (Å²) in [4.78, 5) is 27.0. The molecule has 1 aliphatic heterocycles. The third-order valence-electron chi connectivity index (χ3n) is 6.43. The van der Waals surface area contributed by atoms with E-state index in [1.807, 2.05) is 29.6 Å². The summed E-state index contributed by atoms with van der Waals surface area (Å²) in [6.45, 7) is 0.599. The van der Waals surface area contributed by atoms with E-state index in [2.05, 4.69) is 0 Å². The number of benzene rings is 3. The molecule has 1 saturated heterocycles. The number of guanidine groups is 1. The Balaban J connectivity index is 1.55. The molecule has 36 heavy (non-hydrogen) atoms. The number of rotatable bonds is 4. The molecule has 0 aromatic heterocycles. The molecule has 4 rings (SSSR count). The first-order chi connectivity index (χ1) is 17.1. The minimum absolute atomic E-state index is 0.0869. The number of methoxy groups -OCH3 is 1. The van der Waals surface area contributed by atoms with Crippen molar-refractivity contribution in [3.8, 4) is 5.75 Å². The van der Waals surface area contributed by atoms with Gasteiger partial charge in [-0.15, -0.1) is 0 Å². The van der Waals surface area contributed by atoms with Gasteiger partial charge in [0.2, 0.25) is 0 Å². The molecule has 1 fully saturated rings. The van der Waals surface area contributed by atoms with Crippen molar-refractivity contribution in [2.24, 2.45) is 5.73 Å². The third-order valence-corrected chi connectivity index (χ3v) is 6.43. The molecule has 3 aromatic carbocycles. The van der Waals surface area contributed by atoms with E-state index < -0.39 is 29.5 Å². The van der Waals surface area contributed by atoms with Crippen molar-refractivity contribution >= 4 is 28.5 Å². The molecule has 3 aromatic rings. The highest BCUT2D eigenvalue weighted by Gasteiger charge is 2.37. The maximum atomic E-state index is 13.9. The fourth-order valence-corrected chi connectivity index (χ4v) is 4.69. The summed E-state index contributed by atoms with van der Waals surface area (Å²) < 4.78 is 47.0. The molecular weight excluding hydrogens is 473 g/mol. The third kappa shape index (κ3) is 4.98. The number of nitrogens with one attached hydrogen (secondary N) is 2. The van der Waals surface area contributed by atoms with Crippen molar-refractivity contribution in [1.82, 2.24) is 10.2 Å². The van der Waals surface area contributed by atoms with Crippen LogP contribution in [0.5, 0.6) is 5.75 Å². The van der Waals surface area contributed by atoms with Crippen LogP contribution in [-0.2, 0) is 6.18 Å². The number of nitrogens with two attached hydrogens (primary N) is 1. The maximum Gasteiger partial charge on any atom is 0.416 e. The highest BCUT2D eigenvalue weighted by molar-refractivity contribution is 6.08. The maximum absolute atomic E-state index is 13.9. The number of hydrogen-bond acceptors (Lipinski definition) is 4. The molecule has 0 bridgehead atoms. The zero-order valence-corrected chi connectivity index (χ0v) is 19.5. The van der Waals surface area contributed by atoms with Gasteiger partial charge in [0.05, 0.1) is 12.7 Å². The number of alkyl halides is 3. The second kappa shape index (κ2) is 9.88. The van der Waals surface area contributed by atoms with Gasteiger partial charge in [-0.3, -0.25) is 20.3 Å². The number of fused-ring (bicyclic) bond motifs is 1. The Hall–Kier alpha value is -4.08. The number of amides is 2. The molecule has 0 unspecified atom stereocenters. The molecule has 188 valence electrons. The molecule has 2 amide bonds. The Labute approximate surface area is 205 Å². The number of nitrogens with zero attached hydrogens (tertiary/aromatic N) is 1. The first-order valence-electron chi connectivity index (χ1n) is 11.3. The van der Waals surface area contributed by atoms with E-state index in [0.29, 0.717) is 37.2 Å². The van der Waals surface area contributed by atoms with Gasteiger partial charge < -0.3 is 15.4 Å². The average Bonchev–Trinajstić information content (AvgIpc) is 2.86. The summed E-state index contributed by atoms with van der Waals surface area (Å²) in [5.74, 6) is -1.49. The number of halogens is 3. The highest BCUT2D eigenvalue weighted by atomic mass is 19.4. The number of piperidine rings is 1. The lowest BCUT2D eigenvalue weighted by molar-refractivity contribution is -0.138. The van der Waals surface area contributed by atoms with Gasteiger partial charge in [-0.2, -0.15) is 13.2 Å². The van der Waals surface area contributed by atoms with Crippen molar-refractivity contribution in [1.29, 1.82) is 5.41 Å². The fraction of sp³-hybridized carbons (Fsp3) is 0.269. The van der Waals surface area contributed by atoms with E-state index in [1.165, 1.54) is 12.1 Å². The molecule has 0 atom stereocenters. The Kier molecular flexibility index (Phi) is 6.87. The first-order valence-corrected chi connectivity index (χ1v) is 11.3. The monoisotopic (exact) mass is 498 g/mol. The van der Waals surface area contributed by atoms with Gasteiger partial charge in [0.15, 0.2) is 5.96 Å². The Morgan fingerprint density at radius 1 is 1.06 bits per heavy atom. The summed E-state index contributed by atoms with van der Waals surface area (Å²) in [7, 11) is 1.56. The molecule has 1 aliphatic rings. The van der Waals surface area contributed by atoms with Gasteiger partial charge in [0, 0.05) is 29.6 Å². The van der Waals surface area contributed by atoms with Crippen molar-refractivity contribution in [2.75, 3.05) is 20.2 Å². The average molecular weight is 499 g/mol. The summed E-state index contributed by atoms with van der Waals surface area (Å²) in [6, 6.07) is 14.2. The van der Waals surface area contributed by atoms with Crippen LogP contribution in [0.25, 0.3) is 10.8 Å². The van der Waals surface area contributed by atoms with E-state index in [4.69, 9.17) is 15.9 Å². The van der Waals surface area contributed by atoms with E-state index in [-0.39, 0.29) is 17.0 Å². The molecule has 0 saturated carbocycles. The molecule has 0 spiro atoms. The topological polar surface area (TPSA) is 109 Å². The quantitative estimate of drug-likeness (QED) is 0.363. The van der Waals surface area contributed by atoms with Crippen LogP contribution in [0.2, 0.25) is 0 Å². The molecule has 0 aliphatic carbocycles. The first kappa shape index (κ1) is 25.0. The minimum atomic E-state index is -4.67. The smallest absolute Gasteiger partial charge is 0.416 e. The Morgan fingerprint density at radius 3 is 2.33 bits per heavy atom. The predicted octanol–water partition coefficient (Wildman–Crippen LogP) is 4.51. The summed E-state index contributed by atoms with van der Waals surface area (Å²) in [6.07, 6.45) is -3.97. The van der Waals surface area contributed by atoms with E-state index in [0.717, 1.165) is 16.8 Å². The van der Waals surface area contributed by atoms with Gasteiger partial charge >= 0.3 is 6.18 Å². The van der Waals surface area contributed by atoms with Gasteiger partial charge in [0.25, 0.3) is 11.8 Å². The van der Waals surface area contributed by atoms with Crippen LogP contribution in [0, 0.1) is 5.41 Å². The lowest BCUT2D eigenvalue weighted by Gasteiger charge is -2.33. The SMILES string of the molecule is COc1ccc(C(=O)N2CCC(c3ccc(C(=O)NC(=N)N)cc3C(F)(F)F)CC2)c2ccccc12. The minimum Gasteiger partial charge on any atom is -0.496 e. The van der Waals surface area contributed by atoms with Crippen molar-refractivity contribution in [3.05, 3.63) is 76.9 Å². The van der Waals surface area contributed by atoms with Crippen LogP contribution >= 0.6 is 0 Å². The molecule has 1 heterocycles. The predicted molar refractivity (Wildman–Crippen MR) is 129 cm³/mol. The lowest BCUT2D eigenvalue weighted by atomic mass is 9.85. The van der Waals surface area contributed by atoms with Crippen LogP contribution in [0.4, 0.5) is 13.2 Å². The van der Waals surface area contributed by atoms with Crippen molar-refractivity contribution in [2.45, 2.75) is 24.9 Å². The fourth-order valence-electron chi connectivity index (χ4n) is 4.69. The standard InChI is InChI=1S/C26H25F3N4O3/c1-36-22-9-8-20(18-4-2-3-5-19(18)22)24(35)33-12-10-15(11-13-33)17-7-6-16(23(34)32-25(30)31)14-21(17)26(27,28)29/h2-9,14-15H,10-13H2,1H3,(H4,30,31,32,34). The van der Waals surface area contributed by atoms with E-state index in [9.17, 15) is 22.8 Å². The number of likely N-dealkylation sites (tertiary alicyclic amines) is 1. The number of ether oxygens (including phenoxy) is 1. The van der Waals surface area contributed by atoms with Gasteiger partial charge in [-0.1, -0.05) is 30.3 Å². The lowest BCUT2D eigenvalue weighted by Crippen LogP contribution is -2.38. The summed E-state index contributed by atoms with van der Waals surface area (Å²) in [5, 5.41) is 10.7. The molecule has 10 heteroatoms. The van der Waals surface area contributed by atoms with Crippen LogP contribution in [0.15, 0.2) is 54.6 Å².